The van der Waals surface area contributed by atoms with Gasteiger partial charge in [0, 0.05) is 34.5 Å². The van der Waals surface area contributed by atoms with Crippen molar-refractivity contribution in [2.45, 2.75) is 317 Å². The summed E-state index contributed by atoms with van der Waals surface area (Å²) in [5.41, 5.74) is -1.18. The molecular formula is C64H117F2NO6. The Bertz CT molecular complexity index is 1390. The van der Waals surface area contributed by atoms with Gasteiger partial charge in [-0.15, -0.1) is 0 Å². The van der Waals surface area contributed by atoms with Crippen LogP contribution in [0, 0.1) is 34.0 Å². The zero-order valence-corrected chi connectivity index (χ0v) is 48.8. The van der Waals surface area contributed by atoms with E-state index in [1.54, 1.807) is 0 Å². The van der Waals surface area contributed by atoms with E-state index >= 15 is 8.78 Å². The predicted octanol–water partition coefficient (Wildman–Crippen LogP) is 18.6. The standard InChI is InChI=1S/C64H117F2NO6/c1-7-13-17-21-25-29-33-38-55(39-34-30-26-22-18-14-8-2)58(65)60(69)72-52-63-44-43-62(51-71-57(68)42-37-45-67(11-5)12-6)46-54(47-63)48-64(49-62,50-63)53-73-61(70)59(66)56(40-35-31-27-23-19-15-9-3)41-36-32-28-24-20-16-10-4/h54-56,58-59H,7-53H2,1-6H3. The molecule has 0 heterocycles. The van der Waals surface area contributed by atoms with Crippen molar-refractivity contribution in [2.75, 3.05) is 39.5 Å². The number of hydrogen-bond acceptors (Lipinski definition) is 7. The Morgan fingerprint density at radius 2 is 0.753 bits per heavy atom. The number of unbranched alkanes of at least 4 members (excludes halogenated alkanes) is 24. The summed E-state index contributed by atoms with van der Waals surface area (Å²) in [4.78, 5) is 43.6. The number of alkyl halides is 2. The highest BCUT2D eigenvalue weighted by Gasteiger charge is 2.61. The maximum absolute atomic E-state index is 16.7. The first-order chi connectivity index (χ1) is 35.4. The van der Waals surface area contributed by atoms with E-state index in [2.05, 4.69) is 46.4 Å². The van der Waals surface area contributed by atoms with Gasteiger partial charge in [-0.3, -0.25) is 4.79 Å². The third-order valence-electron chi connectivity index (χ3n) is 18.2. The quantitative estimate of drug-likeness (QED) is 0.0341. The van der Waals surface area contributed by atoms with Gasteiger partial charge in [-0.1, -0.05) is 221 Å². The second-order valence-corrected chi connectivity index (χ2v) is 24.8. The fourth-order valence-corrected chi connectivity index (χ4v) is 14.0. The third kappa shape index (κ3) is 26.0. The van der Waals surface area contributed by atoms with Crippen molar-refractivity contribution in [3.8, 4) is 0 Å². The number of esters is 3. The van der Waals surface area contributed by atoms with Crippen molar-refractivity contribution >= 4 is 17.9 Å². The fraction of sp³-hybridized carbons (Fsp3) is 0.953. The van der Waals surface area contributed by atoms with E-state index in [-0.39, 0.29) is 42.4 Å². The summed E-state index contributed by atoms with van der Waals surface area (Å²) >= 11 is 0. The maximum Gasteiger partial charge on any atom is 0.341 e. The Balaban J connectivity index is 1.77. The number of halogens is 2. The van der Waals surface area contributed by atoms with Gasteiger partial charge in [-0.25, -0.2) is 18.4 Å². The Morgan fingerprint density at radius 1 is 0.438 bits per heavy atom. The lowest BCUT2D eigenvalue weighted by atomic mass is 9.51. The summed E-state index contributed by atoms with van der Waals surface area (Å²) in [7, 11) is 0. The highest BCUT2D eigenvalue weighted by Crippen LogP contribution is 2.67. The van der Waals surface area contributed by atoms with Crippen molar-refractivity contribution in [3.63, 3.8) is 0 Å². The third-order valence-corrected chi connectivity index (χ3v) is 18.2. The minimum Gasteiger partial charge on any atom is -0.465 e. The molecule has 4 aliphatic carbocycles. The van der Waals surface area contributed by atoms with E-state index in [1.165, 1.54) is 103 Å². The smallest absolute Gasteiger partial charge is 0.341 e. The van der Waals surface area contributed by atoms with Crippen LogP contribution in [0.3, 0.4) is 0 Å². The zero-order chi connectivity index (χ0) is 53.1. The topological polar surface area (TPSA) is 82.1 Å². The first-order valence-electron chi connectivity index (χ1n) is 31.9. The number of ether oxygens (including phenoxy) is 3. The molecule has 0 N–H and O–H groups in total. The van der Waals surface area contributed by atoms with Crippen molar-refractivity contribution in [1.29, 1.82) is 0 Å². The van der Waals surface area contributed by atoms with Gasteiger partial charge >= 0.3 is 17.9 Å². The minimum atomic E-state index is -1.66. The normalized spacial score (nSPS) is 22.3. The van der Waals surface area contributed by atoms with Crippen molar-refractivity contribution in [3.05, 3.63) is 0 Å². The van der Waals surface area contributed by atoms with Gasteiger partial charge in [0.05, 0.1) is 19.8 Å². The van der Waals surface area contributed by atoms with Crippen LogP contribution in [0.15, 0.2) is 0 Å². The molecule has 0 aromatic heterocycles. The lowest BCUT2D eigenvalue weighted by Crippen LogP contribution is -2.50. The van der Waals surface area contributed by atoms with Crippen LogP contribution in [-0.4, -0.2) is 74.6 Å². The van der Waals surface area contributed by atoms with Crippen molar-refractivity contribution < 1.29 is 37.4 Å². The van der Waals surface area contributed by atoms with Crippen LogP contribution < -0.4 is 0 Å². The molecule has 0 saturated heterocycles. The molecule has 0 radical (unpaired) electrons. The highest BCUT2D eigenvalue weighted by molar-refractivity contribution is 5.75. The van der Waals surface area contributed by atoms with Gasteiger partial charge in [0.25, 0.3) is 0 Å². The number of hydrogen-bond donors (Lipinski definition) is 0. The number of nitrogens with zero attached hydrogens (tertiary/aromatic N) is 1. The number of carbonyl (C=O) groups excluding carboxylic acids is 3. The Hall–Kier alpha value is -1.77. The molecule has 7 nitrogen and oxygen atoms in total. The summed E-state index contributed by atoms with van der Waals surface area (Å²) in [6.07, 6.45) is 38.6. The Morgan fingerprint density at radius 3 is 1.11 bits per heavy atom. The van der Waals surface area contributed by atoms with Gasteiger partial charge in [0.1, 0.15) is 0 Å². The summed E-state index contributed by atoms with van der Waals surface area (Å²) in [5, 5.41) is 0. The molecule has 9 heteroatoms. The van der Waals surface area contributed by atoms with E-state index in [0.29, 0.717) is 51.6 Å². The highest BCUT2D eigenvalue weighted by atomic mass is 19.1. The van der Waals surface area contributed by atoms with E-state index in [9.17, 15) is 14.4 Å². The van der Waals surface area contributed by atoms with Gasteiger partial charge in [-0.2, -0.15) is 0 Å². The molecule has 0 aromatic rings. The Kier molecular flexibility index (Phi) is 34.8. The second kappa shape index (κ2) is 38.7. The fourth-order valence-electron chi connectivity index (χ4n) is 14.0. The average molecular weight is 1030 g/mol. The van der Waals surface area contributed by atoms with E-state index in [4.69, 9.17) is 14.2 Å². The van der Waals surface area contributed by atoms with Gasteiger partial charge in [0.2, 0.25) is 0 Å². The molecule has 4 rings (SSSR count). The molecule has 0 amide bonds. The molecule has 4 fully saturated rings. The van der Waals surface area contributed by atoms with Crippen LogP contribution in [0.1, 0.15) is 305 Å². The van der Waals surface area contributed by atoms with Crippen LogP contribution in [0.25, 0.3) is 0 Å². The molecule has 0 spiro atoms. The zero-order valence-electron chi connectivity index (χ0n) is 48.8. The van der Waals surface area contributed by atoms with Gasteiger partial charge in [-0.05, 0) is 103 Å². The van der Waals surface area contributed by atoms with E-state index in [0.717, 1.165) is 135 Å². The van der Waals surface area contributed by atoms with Crippen LogP contribution in [0.2, 0.25) is 0 Å². The average Bonchev–Trinajstić information content (AvgIpc) is 3.56. The summed E-state index contributed by atoms with van der Waals surface area (Å²) in [5.74, 6) is -2.05. The van der Waals surface area contributed by atoms with Crippen LogP contribution in [0.5, 0.6) is 0 Å². The van der Waals surface area contributed by atoms with Crippen molar-refractivity contribution in [1.82, 2.24) is 4.90 Å². The largest absolute Gasteiger partial charge is 0.465 e. The monoisotopic (exact) mass is 1030 g/mol. The SMILES string of the molecule is CCCCCCCCCC(CCCCCCCCC)C(F)C(=O)OCC12CCC3(COC(=O)CCCN(CC)CC)CC(C1)CC(COC(=O)C(F)C(CCCCCCCCC)CCCCCCCCC)(C3)C2. The van der Waals surface area contributed by atoms with Gasteiger partial charge in [0.15, 0.2) is 12.3 Å². The van der Waals surface area contributed by atoms with Crippen LogP contribution >= 0.6 is 0 Å². The van der Waals surface area contributed by atoms with Crippen LogP contribution in [0.4, 0.5) is 8.78 Å². The lowest BCUT2D eigenvalue weighted by Gasteiger charge is -2.54. The van der Waals surface area contributed by atoms with Gasteiger partial charge < -0.3 is 19.1 Å². The number of rotatable bonds is 48. The molecule has 4 saturated carbocycles. The predicted molar refractivity (Wildman–Crippen MR) is 300 cm³/mol. The van der Waals surface area contributed by atoms with Crippen molar-refractivity contribution in [2.24, 2.45) is 34.0 Å². The number of carbonyl (C=O) groups is 3. The minimum absolute atomic E-state index is 0.115. The summed E-state index contributed by atoms with van der Waals surface area (Å²) in [6.45, 7) is 16.5. The Labute approximate surface area is 449 Å². The second-order valence-electron chi connectivity index (χ2n) is 24.8. The lowest BCUT2D eigenvalue weighted by molar-refractivity contribution is -0.169. The van der Waals surface area contributed by atoms with Crippen LogP contribution in [-0.2, 0) is 28.6 Å². The van der Waals surface area contributed by atoms with E-state index in [1.807, 2.05) is 0 Å². The molecule has 0 aliphatic heterocycles. The number of fused-ring (bicyclic) bond motifs is 1. The van der Waals surface area contributed by atoms with E-state index < -0.39 is 35.1 Å². The first-order valence-corrected chi connectivity index (χ1v) is 31.9. The summed E-state index contributed by atoms with van der Waals surface area (Å²) in [6, 6.07) is 0. The maximum atomic E-state index is 16.7. The molecule has 4 bridgehead atoms. The molecular weight excluding hydrogens is 917 g/mol. The molecule has 6 unspecified atom stereocenters. The summed E-state index contributed by atoms with van der Waals surface area (Å²) < 4.78 is 51.8. The molecule has 428 valence electrons. The molecule has 6 atom stereocenters. The molecule has 4 aliphatic rings. The molecule has 0 aromatic carbocycles. The first kappa shape index (κ1) is 65.5. The molecule has 73 heavy (non-hydrogen) atoms.